The molecule has 1 heterocycles. The smallest absolute Gasteiger partial charge is 0.294 e. The number of thioether (sulfide) groups is 1. The van der Waals surface area contributed by atoms with Gasteiger partial charge in [0.15, 0.2) is 11.5 Å². The molecule has 3 amide bonds. The predicted molar refractivity (Wildman–Crippen MR) is 142 cm³/mol. The first-order valence-electron chi connectivity index (χ1n) is 10.7. The molecular weight excluding hydrogens is 523 g/mol. The van der Waals surface area contributed by atoms with Crippen LogP contribution in [0.2, 0.25) is 10.0 Å². The molecule has 0 aliphatic carbocycles. The van der Waals surface area contributed by atoms with E-state index in [2.05, 4.69) is 5.32 Å². The fraction of sp³-hybridized carbons (Fsp3) is 0.115. The van der Waals surface area contributed by atoms with Crippen molar-refractivity contribution < 1.29 is 23.9 Å². The van der Waals surface area contributed by atoms with Crippen LogP contribution in [0.3, 0.4) is 0 Å². The Kier molecular flexibility index (Phi) is 8.20. The summed E-state index contributed by atoms with van der Waals surface area (Å²) in [6, 6.07) is 19.1. The summed E-state index contributed by atoms with van der Waals surface area (Å²) in [6.45, 7) is -0.240. The second kappa shape index (κ2) is 11.5. The molecule has 0 spiro atoms. The number of anilines is 1. The van der Waals surface area contributed by atoms with Crippen molar-refractivity contribution >= 4 is 63.8 Å². The summed E-state index contributed by atoms with van der Waals surface area (Å²) in [5.41, 5.74) is 1.85. The summed E-state index contributed by atoms with van der Waals surface area (Å²) < 4.78 is 11.3. The first kappa shape index (κ1) is 25.6. The third-order valence-corrected chi connectivity index (χ3v) is 6.77. The van der Waals surface area contributed by atoms with Crippen LogP contribution in [0.15, 0.2) is 71.6 Å². The van der Waals surface area contributed by atoms with E-state index in [1.54, 1.807) is 66.7 Å². The maximum absolute atomic E-state index is 12.8. The van der Waals surface area contributed by atoms with Gasteiger partial charge >= 0.3 is 0 Å². The van der Waals surface area contributed by atoms with Gasteiger partial charge in [0, 0.05) is 21.3 Å². The fourth-order valence-electron chi connectivity index (χ4n) is 3.37. The van der Waals surface area contributed by atoms with Crippen LogP contribution >= 0.6 is 35.0 Å². The standard InChI is InChI=1S/C26H20Cl2N2O5S/c1-34-22-12-16(10-11-21(22)35-15-18-19(27)8-5-9-20(18)28)13-23-25(32)30(26(33)36-23)14-24(31)29-17-6-3-2-4-7-17/h2-13H,14-15H2,1H3,(H,29,31)/b23-13-. The van der Waals surface area contributed by atoms with E-state index in [1.165, 1.54) is 7.11 Å². The number of para-hydroxylation sites is 1. The highest BCUT2D eigenvalue weighted by Gasteiger charge is 2.36. The van der Waals surface area contributed by atoms with Gasteiger partial charge in [-0.15, -0.1) is 0 Å². The monoisotopic (exact) mass is 542 g/mol. The Hall–Kier alpha value is -3.46. The van der Waals surface area contributed by atoms with Crippen molar-refractivity contribution in [1.29, 1.82) is 0 Å². The van der Waals surface area contributed by atoms with Gasteiger partial charge in [0.05, 0.1) is 12.0 Å². The molecule has 0 radical (unpaired) electrons. The van der Waals surface area contributed by atoms with Gasteiger partial charge in [0.1, 0.15) is 13.2 Å². The number of ether oxygens (including phenoxy) is 2. The Morgan fingerprint density at radius 2 is 1.72 bits per heavy atom. The van der Waals surface area contributed by atoms with Gasteiger partial charge in [0.25, 0.3) is 11.1 Å². The molecule has 0 atom stereocenters. The van der Waals surface area contributed by atoms with E-state index in [9.17, 15) is 14.4 Å². The second-order valence-electron chi connectivity index (χ2n) is 7.58. The summed E-state index contributed by atoms with van der Waals surface area (Å²) in [7, 11) is 1.49. The van der Waals surface area contributed by atoms with Crippen molar-refractivity contribution in [2.24, 2.45) is 0 Å². The Balaban J connectivity index is 1.45. The van der Waals surface area contributed by atoms with E-state index in [4.69, 9.17) is 32.7 Å². The Morgan fingerprint density at radius 1 is 1.00 bits per heavy atom. The summed E-state index contributed by atoms with van der Waals surface area (Å²) in [5, 5.41) is 3.13. The largest absolute Gasteiger partial charge is 0.493 e. The number of imide groups is 1. The summed E-state index contributed by atoms with van der Waals surface area (Å²) in [4.78, 5) is 38.6. The average molecular weight is 543 g/mol. The molecule has 0 aromatic heterocycles. The SMILES string of the molecule is COc1cc(/C=C2\SC(=O)N(CC(=O)Nc3ccccc3)C2=O)ccc1OCc1c(Cl)cccc1Cl. The van der Waals surface area contributed by atoms with Crippen LogP contribution in [-0.4, -0.2) is 35.6 Å². The molecule has 1 aliphatic rings. The molecule has 4 rings (SSSR count). The number of carbonyl (C=O) groups excluding carboxylic acids is 3. The minimum Gasteiger partial charge on any atom is -0.493 e. The second-order valence-corrected chi connectivity index (χ2v) is 9.39. The van der Waals surface area contributed by atoms with E-state index < -0.39 is 17.1 Å². The molecule has 1 aliphatic heterocycles. The van der Waals surface area contributed by atoms with Crippen LogP contribution in [0.5, 0.6) is 11.5 Å². The van der Waals surface area contributed by atoms with Crippen LogP contribution in [0.4, 0.5) is 10.5 Å². The molecule has 0 bridgehead atoms. The van der Waals surface area contributed by atoms with Crippen molar-refractivity contribution in [2.75, 3.05) is 19.0 Å². The molecule has 3 aromatic carbocycles. The Bertz CT molecular complexity index is 1330. The average Bonchev–Trinajstić information content (AvgIpc) is 3.12. The van der Waals surface area contributed by atoms with Gasteiger partial charge in [-0.2, -0.15) is 0 Å². The Morgan fingerprint density at radius 3 is 2.42 bits per heavy atom. The van der Waals surface area contributed by atoms with Crippen LogP contribution in [0, 0.1) is 0 Å². The number of hydrogen-bond acceptors (Lipinski definition) is 6. The molecule has 184 valence electrons. The molecule has 7 nitrogen and oxygen atoms in total. The molecule has 0 unspecified atom stereocenters. The van der Waals surface area contributed by atoms with E-state index in [1.807, 2.05) is 6.07 Å². The maximum atomic E-state index is 12.8. The zero-order valence-electron chi connectivity index (χ0n) is 19.0. The van der Waals surface area contributed by atoms with Gasteiger partial charge in [-0.1, -0.05) is 53.5 Å². The first-order chi connectivity index (χ1) is 17.4. The lowest BCUT2D eigenvalue weighted by Gasteiger charge is -2.13. The third kappa shape index (κ3) is 6.02. The molecule has 1 fully saturated rings. The minimum atomic E-state index is -0.541. The van der Waals surface area contributed by atoms with E-state index >= 15 is 0 Å². The summed E-state index contributed by atoms with van der Waals surface area (Å²) >= 11 is 13.2. The highest BCUT2D eigenvalue weighted by atomic mass is 35.5. The van der Waals surface area contributed by atoms with Gasteiger partial charge in [0.2, 0.25) is 5.91 Å². The van der Waals surface area contributed by atoms with Crippen LogP contribution in [0.25, 0.3) is 6.08 Å². The molecule has 1 N–H and O–H groups in total. The number of methoxy groups -OCH3 is 1. The Labute approximate surface area is 222 Å². The lowest BCUT2D eigenvalue weighted by Crippen LogP contribution is -2.36. The zero-order chi connectivity index (χ0) is 25.7. The van der Waals surface area contributed by atoms with Crippen molar-refractivity contribution in [1.82, 2.24) is 4.90 Å². The van der Waals surface area contributed by atoms with E-state index in [0.29, 0.717) is 38.4 Å². The van der Waals surface area contributed by atoms with Gasteiger partial charge in [-0.05, 0) is 59.8 Å². The van der Waals surface area contributed by atoms with Crippen molar-refractivity contribution in [3.05, 3.63) is 92.8 Å². The number of carbonyl (C=O) groups is 3. The van der Waals surface area contributed by atoms with Gasteiger partial charge in [-0.25, -0.2) is 0 Å². The molecule has 3 aromatic rings. The molecule has 0 saturated carbocycles. The number of hydrogen-bond donors (Lipinski definition) is 1. The number of nitrogens with zero attached hydrogens (tertiary/aromatic N) is 1. The minimum absolute atomic E-state index is 0.137. The van der Waals surface area contributed by atoms with E-state index in [-0.39, 0.29) is 18.1 Å². The van der Waals surface area contributed by atoms with Gasteiger partial charge in [-0.3, -0.25) is 19.3 Å². The number of nitrogens with one attached hydrogen (secondary N) is 1. The molecule has 1 saturated heterocycles. The normalized spacial score (nSPS) is 14.3. The highest BCUT2D eigenvalue weighted by Crippen LogP contribution is 2.35. The number of amides is 3. The van der Waals surface area contributed by atoms with Crippen molar-refractivity contribution in [3.63, 3.8) is 0 Å². The predicted octanol–water partition coefficient (Wildman–Crippen LogP) is 6.26. The third-order valence-electron chi connectivity index (χ3n) is 5.15. The molecule has 36 heavy (non-hydrogen) atoms. The van der Waals surface area contributed by atoms with E-state index in [0.717, 1.165) is 16.7 Å². The number of benzene rings is 3. The van der Waals surface area contributed by atoms with Crippen molar-refractivity contribution in [3.8, 4) is 11.5 Å². The van der Waals surface area contributed by atoms with Crippen LogP contribution < -0.4 is 14.8 Å². The lowest BCUT2D eigenvalue weighted by atomic mass is 10.1. The molecule has 10 heteroatoms. The lowest BCUT2D eigenvalue weighted by molar-refractivity contribution is -0.127. The van der Waals surface area contributed by atoms with Gasteiger partial charge < -0.3 is 14.8 Å². The maximum Gasteiger partial charge on any atom is 0.294 e. The fourth-order valence-corrected chi connectivity index (χ4v) is 4.71. The molecular formula is C26H20Cl2N2O5S. The van der Waals surface area contributed by atoms with Crippen molar-refractivity contribution in [2.45, 2.75) is 6.61 Å². The number of rotatable bonds is 8. The first-order valence-corrected chi connectivity index (χ1v) is 12.3. The topological polar surface area (TPSA) is 84.9 Å². The van der Waals surface area contributed by atoms with Crippen LogP contribution in [-0.2, 0) is 16.2 Å². The quantitative estimate of drug-likeness (QED) is 0.338. The summed E-state index contributed by atoms with van der Waals surface area (Å²) in [5.74, 6) is -0.128. The zero-order valence-corrected chi connectivity index (χ0v) is 21.3. The summed E-state index contributed by atoms with van der Waals surface area (Å²) in [6.07, 6.45) is 1.57. The number of halogens is 2. The van der Waals surface area contributed by atoms with Crippen LogP contribution in [0.1, 0.15) is 11.1 Å². The highest BCUT2D eigenvalue weighted by molar-refractivity contribution is 8.18.